The highest BCUT2D eigenvalue weighted by Gasteiger charge is 2.38. The first kappa shape index (κ1) is 21.5. The van der Waals surface area contributed by atoms with Gasteiger partial charge in [-0.05, 0) is 32.3 Å². The minimum atomic E-state index is -0.537. The number of piperidine rings is 1. The lowest BCUT2D eigenvalue weighted by molar-refractivity contribution is -0.457. The fraction of sp³-hybridized carbons (Fsp3) is 0.609. The molecule has 2 amide bonds. The van der Waals surface area contributed by atoms with Crippen LogP contribution in [0, 0.1) is 11.8 Å². The molecule has 0 bridgehead atoms. The van der Waals surface area contributed by atoms with Crippen LogP contribution in [0.1, 0.15) is 46.1 Å². The lowest BCUT2D eigenvalue weighted by Gasteiger charge is -2.23. The number of nitrogens with zero attached hydrogens (tertiary/aromatic N) is 2. The van der Waals surface area contributed by atoms with E-state index in [1.54, 1.807) is 0 Å². The topological polar surface area (TPSA) is 61.6 Å². The van der Waals surface area contributed by atoms with Crippen LogP contribution in [0.15, 0.2) is 30.3 Å². The van der Waals surface area contributed by atoms with Gasteiger partial charge in [0.25, 0.3) is 0 Å². The highest BCUT2D eigenvalue weighted by Crippen LogP contribution is 2.21. The van der Waals surface area contributed by atoms with E-state index >= 15 is 0 Å². The zero-order valence-corrected chi connectivity index (χ0v) is 18.1. The van der Waals surface area contributed by atoms with Crippen LogP contribution < -0.4 is 5.32 Å². The molecule has 2 aliphatic heterocycles. The van der Waals surface area contributed by atoms with Gasteiger partial charge in [0.15, 0.2) is 12.8 Å². The highest BCUT2D eigenvalue weighted by molar-refractivity contribution is 5.75. The first-order valence-electron chi connectivity index (χ1n) is 10.6. The monoisotopic (exact) mass is 400 g/mol. The fourth-order valence-corrected chi connectivity index (χ4v) is 4.04. The molecule has 2 saturated heterocycles. The summed E-state index contributed by atoms with van der Waals surface area (Å²) in [5.74, 6) is 0.700. The van der Waals surface area contributed by atoms with E-state index in [1.807, 2.05) is 49.8 Å². The summed E-state index contributed by atoms with van der Waals surface area (Å²) in [5.41, 5.74) is 0.706. The molecule has 0 spiro atoms. The van der Waals surface area contributed by atoms with Crippen molar-refractivity contribution in [1.82, 2.24) is 10.2 Å². The standard InChI is InChI=1S/C23H33N3O3/c1-17-10-11-26(21(27)12-17)15-19-14-25(13-18-8-6-5-7-9-18)16-20(19)24-22(28)29-23(2,3)4/h5-9,15,17,19-20H,10-14,16H2,1-4H3/p+1. The molecule has 2 aliphatic rings. The second-order valence-corrected chi connectivity index (χ2v) is 9.43. The summed E-state index contributed by atoms with van der Waals surface area (Å²) in [7, 11) is 0. The minimum absolute atomic E-state index is 0.0728. The Balaban J connectivity index is 1.72. The number of rotatable bonds is 4. The maximum atomic E-state index is 12.5. The van der Waals surface area contributed by atoms with Gasteiger partial charge in [-0.15, -0.1) is 0 Å². The summed E-state index contributed by atoms with van der Waals surface area (Å²) in [5, 5.41) is 3.04. The lowest BCUT2D eigenvalue weighted by atomic mass is 9.98. The number of nitrogens with one attached hydrogen (secondary N) is 1. The molecule has 29 heavy (non-hydrogen) atoms. The molecule has 3 atom stereocenters. The second kappa shape index (κ2) is 9.08. The maximum Gasteiger partial charge on any atom is 0.407 e. The first-order valence-corrected chi connectivity index (χ1v) is 10.6. The average Bonchev–Trinajstić information content (AvgIpc) is 2.97. The smallest absolute Gasteiger partial charge is 0.407 e. The summed E-state index contributed by atoms with van der Waals surface area (Å²) < 4.78 is 7.33. The van der Waals surface area contributed by atoms with Crippen LogP contribution >= 0.6 is 0 Å². The van der Waals surface area contributed by atoms with Crippen LogP contribution in [0.4, 0.5) is 4.79 Å². The van der Waals surface area contributed by atoms with E-state index in [-0.39, 0.29) is 17.9 Å². The summed E-state index contributed by atoms with van der Waals surface area (Å²) in [4.78, 5) is 27.2. The van der Waals surface area contributed by atoms with Crippen molar-refractivity contribution in [3.63, 3.8) is 0 Å². The number of hydrogen-bond donors (Lipinski definition) is 1. The first-order chi connectivity index (χ1) is 13.7. The number of hydrogen-bond acceptors (Lipinski definition) is 4. The SMILES string of the molecule is CC1CC[N+](=CC2CN(Cc3ccccc3)CC2NC(=O)OC(C)(C)C)C(=O)C1. The molecule has 2 fully saturated rings. The third kappa shape index (κ3) is 6.39. The number of carbonyl (C=O) groups is 2. The third-order valence-corrected chi connectivity index (χ3v) is 5.47. The molecule has 2 heterocycles. The van der Waals surface area contributed by atoms with Gasteiger partial charge in [0, 0.05) is 26.1 Å². The van der Waals surface area contributed by atoms with E-state index in [4.69, 9.17) is 4.74 Å². The van der Waals surface area contributed by atoms with Gasteiger partial charge in [0.05, 0.1) is 18.4 Å². The molecular weight excluding hydrogens is 366 g/mol. The molecular formula is C23H34N3O3+. The lowest BCUT2D eigenvalue weighted by Crippen LogP contribution is -2.45. The van der Waals surface area contributed by atoms with Gasteiger partial charge in [0.2, 0.25) is 0 Å². The zero-order chi connectivity index (χ0) is 21.0. The van der Waals surface area contributed by atoms with Gasteiger partial charge in [-0.2, -0.15) is 4.58 Å². The molecule has 0 aromatic heterocycles. The normalized spacial score (nSPS) is 27.2. The summed E-state index contributed by atoms with van der Waals surface area (Å²) in [6.07, 6.45) is 3.26. The third-order valence-electron chi connectivity index (χ3n) is 5.47. The predicted octanol–water partition coefficient (Wildman–Crippen LogP) is 3.05. The van der Waals surface area contributed by atoms with Crippen molar-refractivity contribution in [3.05, 3.63) is 35.9 Å². The van der Waals surface area contributed by atoms with Crippen molar-refractivity contribution in [3.8, 4) is 0 Å². The van der Waals surface area contributed by atoms with E-state index in [0.717, 1.165) is 32.6 Å². The fourth-order valence-electron chi connectivity index (χ4n) is 4.04. The Morgan fingerprint density at radius 2 is 2.00 bits per heavy atom. The van der Waals surface area contributed by atoms with Crippen LogP contribution in [-0.4, -0.2) is 59.0 Å². The summed E-state index contributed by atoms with van der Waals surface area (Å²) in [6.45, 7) is 10.8. The Morgan fingerprint density at radius 1 is 1.28 bits per heavy atom. The Kier molecular flexibility index (Phi) is 6.73. The molecule has 1 N–H and O–H groups in total. The van der Waals surface area contributed by atoms with Crippen molar-refractivity contribution in [2.45, 2.75) is 58.7 Å². The Hall–Kier alpha value is -2.21. The van der Waals surface area contributed by atoms with Gasteiger partial charge >= 0.3 is 12.0 Å². The molecule has 3 unspecified atom stereocenters. The van der Waals surface area contributed by atoms with E-state index in [1.165, 1.54) is 5.56 Å². The molecule has 0 saturated carbocycles. The second-order valence-electron chi connectivity index (χ2n) is 9.43. The average molecular weight is 401 g/mol. The maximum absolute atomic E-state index is 12.5. The van der Waals surface area contributed by atoms with Crippen molar-refractivity contribution in [1.29, 1.82) is 0 Å². The Morgan fingerprint density at radius 3 is 2.66 bits per heavy atom. The van der Waals surface area contributed by atoms with Gasteiger partial charge in [-0.3, -0.25) is 4.90 Å². The van der Waals surface area contributed by atoms with Gasteiger partial charge in [-0.25, -0.2) is 9.59 Å². The van der Waals surface area contributed by atoms with Crippen LogP contribution in [0.2, 0.25) is 0 Å². The number of carbonyl (C=O) groups excluding carboxylic acids is 2. The van der Waals surface area contributed by atoms with Crippen LogP contribution in [-0.2, 0) is 16.1 Å². The minimum Gasteiger partial charge on any atom is -0.444 e. The Bertz CT molecular complexity index is 754. The van der Waals surface area contributed by atoms with Crippen molar-refractivity contribution < 1.29 is 18.9 Å². The van der Waals surface area contributed by atoms with E-state index < -0.39 is 11.7 Å². The molecule has 1 aromatic rings. The molecule has 3 rings (SSSR count). The largest absolute Gasteiger partial charge is 0.444 e. The van der Waals surface area contributed by atoms with Gasteiger partial charge in [-0.1, -0.05) is 37.3 Å². The number of amides is 2. The molecule has 0 radical (unpaired) electrons. The van der Waals surface area contributed by atoms with Crippen LogP contribution in [0.3, 0.4) is 0 Å². The van der Waals surface area contributed by atoms with Crippen molar-refractivity contribution >= 4 is 18.2 Å². The molecule has 0 aliphatic carbocycles. The van der Waals surface area contributed by atoms with Gasteiger partial charge in [0.1, 0.15) is 5.60 Å². The zero-order valence-electron chi connectivity index (χ0n) is 18.1. The molecule has 6 nitrogen and oxygen atoms in total. The van der Waals surface area contributed by atoms with Gasteiger partial charge < -0.3 is 10.1 Å². The van der Waals surface area contributed by atoms with Crippen LogP contribution in [0.5, 0.6) is 0 Å². The van der Waals surface area contributed by atoms with Crippen molar-refractivity contribution in [2.24, 2.45) is 11.8 Å². The van der Waals surface area contributed by atoms with E-state index in [9.17, 15) is 9.59 Å². The number of alkyl carbamates (subject to hydrolysis) is 1. The predicted molar refractivity (Wildman–Crippen MR) is 113 cm³/mol. The molecule has 1 aromatic carbocycles. The Labute approximate surface area is 173 Å². The van der Waals surface area contributed by atoms with E-state index in [2.05, 4.69) is 29.3 Å². The number of benzene rings is 1. The van der Waals surface area contributed by atoms with E-state index in [0.29, 0.717) is 12.3 Å². The molecule has 158 valence electrons. The van der Waals surface area contributed by atoms with Crippen LogP contribution in [0.25, 0.3) is 0 Å². The highest BCUT2D eigenvalue weighted by atomic mass is 16.6. The summed E-state index contributed by atoms with van der Waals surface area (Å²) >= 11 is 0. The summed E-state index contributed by atoms with van der Waals surface area (Å²) in [6, 6.07) is 10.2. The molecule has 6 heteroatoms. The quantitative estimate of drug-likeness (QED) is 0.789. The number of ether oxygens (including phenoxy) is 1. The number of likely N-dealkylation sites (tertiary alicyclic amines) is 1. The van der Waals surface area contributed by atoms with Crippen molar-refractivity contribution in [2.75, 3.05) is 19.6 Å².